The van der Waals surface area contributed by atoms with E-state index in [4.69, 9.17) is 4.74 Å². The standard InChI is InChI=1S/C20H16F2N4O5S/c1-31-19-8-3-2-7-17(19)25-32(29,30)20-11-13(26(27)28)9-10-18(20)24-23-12-14-15(21)5-4-6-16(14)22/h2-12,24-25H,1H3. The van der Waals surface area contributed by atoms with Gasteiger partial charge in [0.15, 0.2) is 0 Å². The first-order valence-corrected chi connectivity index (χ1v) is 10.4. The molecule has 3 rings (SSSR count). The number of para-hydroxylation sites is 2. The molecule has 0 saturated heterocycles. The van der Waals surface area contributed by atoms with Gasteiger partial charge in [0.25, 0.3) is 15.7 Å². The van der Waals surface area contributed by atoms with Crippen molar-refractivity contribution < 1.29 is 26.9 Å². The van der Waals surface area contributed by atoms with Gasteiger partial charge in [-0.05, 0) is 30.3 Å². The summed E-state index contributed by atoms with van der Waals surface area (Å²) >= 11 is 0. The van der Waals surface area contributed by atoms with Gasteiger partial charge < -0.3 is 4.74 Å². The van der Waals surface area contributed by atoms with E-state index < -0.39 is 42.7 Å². The van der Waals surface area contributed by atoms with Crippen LogP contribution in [0.3, 0.4) is 0 Å². The summed E-state index contributed by atoms with van der Waals surface area (Å²) in [5.74, 6) is -1.51. The summed E-state index contributed by atoms with van der Waals surface area (Å²) < 4.78 is 60.9. The molecule has 0 aliphatic heterocycles. The fourth-order valence-corrected chi connectivity index (χ4v) is 3.92. The first-order valence-electron chi connectivity index (χ1n) is 8.90. The fourth-order valence-electron chi connectivity index (χ4n) is 2.67. The molecule has 0 unspecified atom stereocenters. The maximum absolute atomic E-state index is 13.7. The Balaban J connectivity index is 1.99. The molecule has 0 aromatic heterocycles. The Kier molecular flexibility index (Phi) is 6.64. The number of nitrogens with zero attached hydrogens (tertiary/aromatic N) is 2. The van der Waals surface area contributed by atoms with Gasteiger partial charge in [-0.3, -0.25) is 20.3 Å². The summed E-state index contributed by atoms with van der Waals surface area (Å²) in [6, 6.07) is 12.4. The first-order chi connectivity index (χ1) is 15.2. The number of nitro groups is 1. The largest absolute Gasteiger partial charge is 0.495 e. The second-order valence-corrected chi connectivity index (χ2v) is 7.90. The lowest BCUT2D eigenvalue weighted by Gasteiger charge is -2.14. The minimum atomic E-state index is -4.36. The molecule has 0 saturated carbocycles. The molecular weight excluding hydrogens is 446 g/mol. The lowest BCUT2D eigenvalue weighted by Crippen LogP contribution is -2.15. The van der Waals surface area contributed by atoms with Crippen LogP contribution in [-0.4, -0.2) is 26.7 Å². The SMILES string of the molecule is COc1ccccc1NS(=O)(=O)c1cc([N+](=O)[O-])ccc1NN=Cc1c(F)cccc1F. The van der Waals surface area contributed by atoms with Crippen molar-refractivity contribution in [2.24, 2.45) is 5.10 Å². The Morgan fingerprint density at radius 3 is 2.38 bits per heavy atom. The van der Waals surface area contributed by atoms with Crippen molar-refractivity contribution in [1.82, 2.24) is 0 Å². The van der Waals surface area contributed by atoms with Crippen LogP contribution >= 0.6 is 0 Å². The number of anilines is 2. The van der Waals surface area contributed by atoms with Gasteiger partial charge in [-0.1, -0.05) is 18.2 Å². The molecule has 3 aromatic rings. The molecule has 0 aliphatic rings. The smallest absolute Gasteiger partial charge is 0.270 e. The Labute approximate surface area is 181 Å². The monoisotopic (exact) mass is 462 g/mol. The van der Waals surface area contributed by atoms with E-state index >= 15 is 0 Å². The Morgan fingerprint density at radius 2 is 1.72 bits per heavy atom. The molecule has 0 bridgehead atoms. The number of nitrogens with one attached hydrogen (secondary N) is 2. The molecule has 2 N–H and O–H groups in total. The highest BCUT2D eigenvalue weighted by Crippen LogP contribution is 2.31. The average molecular weight is 462 g/mol. The van der Waals surface area contributed by atoms with E-state index in [9.17, 15) is 27.3 Å². The second-order valence-electron chi connectivity index (χ2n) is 6.25. The van der Waals surface area contributed by atoms with E-state index in [1.165, 1.54) is 25.3 Å². The number of hydrogen-bond donors (Lipinski definition) is 2. The van der Waals surface area contributed by atoms with E-state index in [0.29, 0.717) is 0 Å². The molecule has 166 valence electrons. The predicted molar refractivity (Wildman–Crippen MR) is 114 cm³/mol. The summed E-state index contributed by atoms with van der Waals surface area (Å²) in [6.07, 6.45) is 0.829. The van der Waals surface area contributed by atoms with Gasteiger partial charge in [-0.25, -0.2) is 17.2 Å². The Morgan fingerprint density at radius 1 is 1.03 bits per heavy atom. The van der Waals surface area contributed by atoms with Gasteiger partial charge in [0.2, 0.25) is 0 Å². The van der Waals surface area contributed by atoms with Gasteiger partial charge in [0.05, 0.1) is 35.2 Å². The molecule has 12 heteroatoms. The van der Waals surface area contributed by atoms with Crippen LogP contribution in [0.2, 0.25) is 0 Å². The quantitative estimate of drug-likeness (QED) is 0.295. The van der Waals surface area contributed by atoms with Crippen molar-refractivity contribution in [2.75, 3.05) is 17.3 Å². The Hall–Kier alpha value is -4.06. The van der Waals surface area contributed by atoms with Crippen molar-refractivity contribution in [3.05, 3.63) is 88.0 Å². The molecule has 0 fully saturated rings. The molecule has 32 heavy (non-hydrogen) atoms. The molecule has 0 atom stereocenters. The van der Waals surface area contributed by atoms with E-state index in [2.05, 4.69) is 15.2 Å². The van der Waals surface area contributed by atoms with Crippen molar-refractivity contribution in [1.29, 1.82) is 0 Å². The van der Waals surface area contributed by atoms with E-state index in [1.807, 2.05) is 0 Å². The summed E-state index contributed by atoms with van der Waals surface area (Å²) in [6.45, 7) is 0. The minimum Gasteiger partial charge on any atom is -0.495 e. The molecule has 0 aliphatic carbocycles. The summed E-state index contributed by atoms with van der Waals surface area (Å²) in [5, 5.41) is 14.8. The van der Waals surface area contributed by atoms with Gasteiger partial charge in [-0.2, -0.15) is 5.10 Å². The maximum Gasteiger partial charge on any atom is 0.270 e. The van der Waals surface area contributed by atoms with E-state index in [0.717, 1.165) is 36.5 Å². The first kappa shape index (κ1) is 22.6. The maximum atomic E-state index is 13.7. The minimum absolute atomic E-state index is 0.101. The van der Waals surface area contributed by atoms with Crippen LogP contribution < -0.4 is 14.9 Å². The number of nitro benzene ring substituents is 1. The summed E-state index contributed by atoms with van der Waals surface area (Å²) in [5.41, 5.74) is 1.37. The number of rotatable bonds is 8. The number of hydrogen-bond acceptors (Lipinski definition) is 7. The van der Waals surface area contributed by atoms with Gasteiger partial charge >= 0.3 is 0 Å². The van der Waals surface area contributed by atoms with Crippen LogP contribution in [0.4, 0.5) is 25.8 Å². The van der Waals surface area contributed by atoms with Gasteiger partial charge in [-0.15, -0.1) is 0 Å². The zero-order valence-corrected chi connectivity index (χ0v) is 17.3. The number of methoxy groups -OCH3 is 1. The van der Waals surface area contributed by atoms with E-state index in [1.54, 1.807) is 12.1 Å². The highest BCUT2D eigenvalue weighted by molar-refractivity contribution is 7.93. The number of hydrazone groups is 1. The molecule has 3 aromatic carbocycles. The predicted octanol–water partition coefficient (Wildman–Crippen LogP) is 4.13. The number of benzene rings is 3. The molecule has 0 heterocycles. The number of ether oxygens (including phenoxy) is 1. The topological polar surface area (TPSA) is 123 Å². The zero-order valence-electron chi connectivity index (χ0n) is 16.5. The Bertz CT molecular complexity index is 1280. The van der Waals surface area contributed by atoms with Crippen LogP contribution in [0.5, 0.6) is 5.75 Å². The summed E-state index contributed by atoms with van der Waals surface area (Å²) in [7, 11) is -3.01. The molecule has 0 spiro atoms. The third kappa shape index (κ3) is 4.98. The normalized spacial score (nSPS) is 11.3. The number of halogens is 2. The van der Waals surface area contributed by atoms with Crippen LogP contribution in [0.15, 0.2) is 70.7 Å². The third-order valence-corrected chi connectivity index (χ3v) is 5.60. The lowest BCUT2D eigenvalue weighted by atomic mass is 10.2. The fraction of sp³-hybridized carbons (Fsp3) is 0.0500. The molecule has 0 radical (unpaired) electrons. The molecular formula is C20H16F2N4O5S. The van der Waals surface area contributed by atoms with Crippen LogP contribution in [-0.2, 0) is 10.0 Å². The molecule has 0 amide bonds. The zero-order chi connectivity index (χ0) is 23.3. The van der Waals surface area contributed by atoms with Crippen LogP contribution in [0, 0.1) is 21.7 Å². The van der Waals surface area contributed by atoms with Gasteiger partial charge in [0, 0.05) is 12.1 Å². The summed E-state index contributed by atoms with van der Waals surface area (Å²) in [4.78, 5) is 9.89. The number of sulfonamides is 1. The molecule has 9 nitrogen and oxygen atoms in total. The highest BCUT2D eigenvalue weighted by Gasteiger charge is 2.23. The lowest BCUT2D eigenvalue weighted by molar-refractivity contribution is -0.385. The number of non-ortho nitro benzene ring substituents is 1. The van der Waals surface area contributed by atoms with Crippen LogP contribution in [0.1, 0.15) is 5.56 Å². The van der Waals surface area contributed by atoms with E-state index in [-0.39, 0.29) is 17.1 Å². The third-order valence-electron chi connectivity index (χ3n) is 4.20. The van der Waals surface area contributed by atoms with Crippen molar-refractivity contribution >= 4 is 33.3 Å². The average Bonchev–Trinajstić information content (AvgIpc) is 2.76. The van der Waals surface area contributed by atoms with Crippen molar-refractivity contribution in [3.63, 3.8) is 0 Å². The van der Waals surface area contributed by atoms with Gasteiger partial charge in [0.1, 0.15) is 22.3 Å². The highest BCUT2D eigenvalue weighted by atomic mass is 32.2. The second kappa shape index (κ2) is 9.39. The van der Waals surface area contributed by atoms with Crippen molar-refractivity contribution in [2.45, 2.75) is 4.90 Å². The van der Waals surface area contributed by atoms with Crippen molar-refractivity contribution in [3.8, 4) is 5.75 Å². The van der Waals surface area contributed by atoms with Crippen LogP contribution in [0.25, 0.3) is 0 Å².